The molecule has 0 aliphatic carbocycles. The van der Waals surface area contributed by atoms with Gasteiger partial charge in [0.05, 0.1) is 13.2 Å². The number of benzene rings is 1. The number of ether oxygens (including phenoxy) is 1. The molecule has 0 spiro atoms. The maximum atomic E-state index is 11.8. The van der Waals surface area contributed by atoms with E-state index in [1.165, 1.54) is 0 Å². The average Bonchev–Trinajstić information content (AvgIpc) is 2.45. The molecule has 0 aliphatic rings. The topological polar surface area (TPSA) is 79.5 Å². The van der Waals surface area contributed by atoms with E-state index in [1.54, 1.807) is 31.4 Å². The molecule has 1 aromatic carbocycles. The third-order valence-corrected chi connectivity index (χ3v) is 2.54. The Bertz CT molecular complexity index is 449. The third-order valence-electron chi connectivity index (χ3n) is 2.54. The lowest BCUT2D eigenvalue weighted by Gasteiger charge is -2.08. The number of methoxy groups -OCH3 is 1. The summed E-state index contributed by atoms with van der Waals surface area (Å²) >= 11 is 0. The van der Waals surface area contributed by atoms with Crippen LogP contribution in [-0.4, -0.2) is 45.2 Å². The van der Waals surface area contributed by atoms with Crippen molar-refractivity contribution in [3.8, 4) is 0 Å². The third kappa shape index (κ3) is 5.81. The molecule has 3 N–H and O–H groups in total. The maximum Gasteiger partial charge on any atom is 0.251 e. The van der Waals surface area contributed by atoms with E-state index in [-0.39, 0.29) is 18.4 Å². The monoisotopic (exact) mass is 279 g/mol. The highest BCUT2D eigenvalue weighted by Crippen LogP contribution is 2.10. The average molecular weight is 279 g/mol. The predicted octanol–water partition coefficient (Wildman–Crippen LogP) is 0.611. The van der Waals surface area contributed by atoms with Gasteiger partial charge in [0.1, 0.15) is 0 Å². The van der Waals surface area contributed by atoms with Crippen LogP contribution in [0.5, 0.6) is 0 Å². The molecule has 0 saturated carbocycles. The number of hydrogen-bond donors (Lipinski definition) is 3. The van der Waals surface area contributed by atoms with Gasteiger partial charge < -0.3 is 20.7 Å². The Morgan fingerprint density at radius 1 is 1.30 bits per heavy atom. The number of carbonyl (C=O) groups is 2. The molecule has 0 fully saturated rings. The van der Waals surface area contributed by atoms with Crippen LogP contribution >= 0.6 is 0 Å². The molecule has 20 heavy (non-hydrogen) atoms. The largest absolute Gasteiger partial charge is 0.383 e. The summed E-state index contributed by atoms with van der Waals surface area (Å²) in [6.45, 7) is 3.82. The summed E-state index contributed by atoms with van der Waals surface area (Å²) in [5.41, 5.74) is 1.11. The molecule has 0 aliphatic heterocycles. The van der Waals surface area contributed by atoms with Gasteiger partial charge in [-0.05, 0) is 24.7 Å². The van der Waals surface area contributed by atoms with Crippen molar-refractivity contribution in [2.75, 3.05) is 38.7 Å². The van der Waals surface area contributed by atoms with Gasteiger partial charge in [0.15, 0.2) is 0 Å². The Morgan fingerprint density at radius 3 is 2.80 bits per heavy atom. The number of likely N-dealkylation sites (N-methyl/N-ethyl adjacent to an activating group) is 1. The molecule has 2 amide bonds. The first-order valence-corrected chi connectivity index (χ1v) is 6.55. The molecule has 110 valence electrons. The van der Waals surface area contributed by atoms with Crippen LogP contribution < -0.4 is 16.0 Å². The molecule has 0 heterocycles. The summed E-state index contributed by atoms with van der Waals surface area (Å²) < 4.78 is 4.86. The van der Waals surface area contributed by atoms with Crippen molar-refractivity contribution in [3.05, 3.63) is 29.8 Å². The first kappa shape index (κ1) is 16.1. The van der Waals surface area contributed by atoms with Crippen molar-refractivity contribution in [3.63, 3.8) is 0 Å². The van der Waals surface area contributed by atoms with Gasteiger partial charge in [0.2, 0.25) is 5.91 Å². The Labute approximate surface area is 118 Å². The lowest BCUT2D eigenvalue weighted by atomic mass is 10.2. The Morgan fingerprint density at radius 2 is 2.10 bits per heavy atom. The molecular weight excluding hydrogens is 258 g/mol. The molecule has 6 heteroatoms. The number of hydrogen-bond acceptors (Lipinski definition) is 4. The van der Waals surface area contributed by atoms with Crippen LogP contribution in [0.4, 0.5) is 5.69 Å². The van der Waals surface area contributed by atoms with Crippen molar-refractivity contribution < 1.29 is 14.3 Å². The van der Waals surface area contributed by atoms with E-state index < -0.39 is 0 Å². The summed E-state index contributed by atoms with van der Waals surface area (Å²) in [4.78, 5) is 23.4. The summed E-state index contributed by atoms with van der Waals surface area (Å²) in [6, 6.07) is 6.82. The van der Waals surface area contributed by atoms with Gasteiger partial charge in [0, 0.05) is 24.9 Å². The van der Waals surface area contributed by atoms with Crippen molar-refractivity contribution >= 4 is 17.5 Å². The van der Waals surface area contributed by atoms with E-state index in [2.05, 4.69) is 16.0 Å². The van der Waals surface area contributed by atoms with E-state index >= 15 is 0 Å². The van der Waals surface area contributed by atoms with Crippen LogP contribution in [0, 0.1) is 0 Å². The molecule has 0 unspecified atom stereocenters. The van der Waals surface area contributed by atoms with Gasteiger partial charge in [-0.25, -0.2) is 0 Å². The lowest BCUT2D eigenvalue weighted by Crippen LogP contribution is -2.28. The van der Waals surface area contributed by atoms with Crippen molar-refractivity contribution in [2.45, 2.75) is 6.92 Å². The zero-order chi connectivity index (χ0) is 14.8. The minimum atomic E-state index is -0.190. The quantitative estimate of drug-likeness (QED) is 0.609. The van der Waals surface area contributed by atoms with E-state index in [4.69, 9.17) is 4.74 Å². The highest BCUT2D eigenvalue weighted by Gasteiger charge is 2.07. The first-order valence-electron chi connectivity index (χ1n) is 6.55. The minimum Gasteiger partial charge on any atom is -0.383 e. The van der Waals surface area contributed by atoms with Crippen LogP contribution in [0.25, 0.3) is 0 Å². The lowest BCUT2D eigenvalue weighted by molar-refractivity contribution is -0.115. The SMILES string of the molecule is CCNCC(=O)Nc1cccc(C(=O)NCCOC)c1. The van der Waals surface area contributed by atoms with Gasteiger partial charge in [0.25, 0.3) is 5.91 Å². The summed E-state index contributed by atoms with van der Waals surface area (Å²) in [5, 5.41) is 8.39. The normalized spacial score (nSPS) is 10.1. The highest BCUT2D eigenvalue weighted by atomic mass is 16.5. The van der Waals surface area contributed by atoms with Gasteiger partial charge in [-0.2, -0.15) is 0 Å². The van der Waals surface area contributed by atoms with Crippen molar-refractivity contribution in [1.82, 2.24) is 10.6 Å². The zero-order valence-electron chi connectivity index (χ0n) is 11.9. The molecule has 0 atom stereocenters. The molecule has 0 bridgehead atoms. The molecule has 0 saturated heterocycles. The molecule has 1 rings (SSSR count). The van der Waals surface area contributed by atoms with Crippen LogP contribution in [0.2, 0.25) is 0 Å². The standard InChI is InChI=1S/C14H21N3O3/c1-3-15-10-13(18)17-12-6-4-5-11(9-12)14(19)16-7-8-20-2/h4-6,9,15H,3,7-8,10H2,1-2H3,(H,16,19)(H,17,18). The predicted molar refractivity (Wildman–Crippen MR) is 77.8 cm³/mol. The smallest absolute Gasteiger partial charge is 0.251 e. The van der Waals surface area contributed by atoms with E-state index in [9.17, 15) is 9.59 Å². The summed E-state index contributed by atoms with van der Waals surface area (Å²) in [7, 11) is 1.58. The number of carbonyl (C=O) groups excluding carboxylic acids is 2. The number of nitrogens with one attached hydrogen (secondary N) is 3. The summed E-state index contributed by atoms with van der Waals surface area (Å²) in [5.74, 6) is -0.325. The van der Waals surface area contributed by atoms with E-state index in [1.807, 2.05) is 6.92 Å². The summed E-state index contributed by atoms with van der Waals surface area (Å²) in [6.07, 6.45) is 0. The Kier molecular flexibility index (Phi) is 7.31. The zero-order valence-corrected chi connectivity index (χ0v) is 11.9. The molecule has 0 aromatic heterocycles. The number of anilines is 1. The fourth-order valence-corrected chi connectivity index (χ4v) is 1.55. The molecule has 0 radical (unpaired) electrons. The fourth-order valence-electron chi connectivity index (χ4n) is 1.55. The second kappa shape index (κ2) is 9.06. The minimum absolute atomic E-state index is 0.135. The molecular formula is C14H21N3O3. The van der Waals surface area contributed by atoms with E-state index in [0.29, 0.717) is 24.4 Å². The van der Waals surface area contributed by atoms with Crippen LogP contribution in [-0.2, 0) is 9.53 Å². The number of rotatable bonds is 8. The van der Waals surface area contributed by atoms with Gasteiger partial charge in [-0.1, -0.05) is 13.0 Å². The highest BCUT2D eigenvalue weighted by molar-refractivity contribution is 5.97. The second-order valence-corrected chi connectivity index (χ2v) is 4.16. The molecule has 6 nitrogen and oxygen atoms in total. The van der Waals surface area contributed by atoms with E-state index in [0.717, 1.165) is 6.54 Å². The van der Waals surface area contributed by atoms with Crippen molar-refractivity contribution in [2.24, 2.45) is 0 Å². The van der Waals surface area contributed by atoms with Crippen molar-refractivity contribution in [1.29, 1.82) is 0 Å². The van der Waals surface area contributed by atoms with Crippen LogP contribution in [0.15, 0.2) is 24.3 Å². The second-order valence-electron chi connectivity index (χ2n) is 4.16. The Hall–Kier alpha value is -1.92. The number of amides is 2. The van der Waals surface area contributed by atoms with Gasteiger partial charge in [-0.15, -0.1) is 0 Å². The molecule has 1 aromatic rings. The Balaban J connectivity index is 2.56. The maximum absolute atomic E-state index is 11.8. The van der Waals surface area contributed by atoms with Gasteiger partial charge >= 0.3 is 0 Å². The van der Waals surface area contributed by atoms with Gasteiger partial charge in [-0.3, -0.25) is 9.59 Å². The fraction of sp³-hybridized carbons (Fsp3) is 0.429. The van der Waals surface area contributed by atoms with Crippen LogP contribution in [0.1, 0.15) is 17.3 Å². The first-order chi connectivity index (χ1) is 9.67. The van der Waals surface area contributed by atoms with Crippen LogP contribution in [0.3, 0.4) is 0 Å².